The molecule has 0 unspecified atom stereocenters. The van der Waals surface area contributed by atoms with Gasteiger partial charge in [-0.25, -0.2) is 0 Å². The molecule has 0 fully saturated rings. The first kappa shape index (κ1) is 20.9. The van der Waals surface area contributed by atoms with E-state index < -0.39 is 0 Å². The molecule has 0 saturated carbocycles. The average Bonchev–Trinajstić information content (AvgIpc) is 2.55. The Kier molecular flexibility index (Phi) is 13.5. The maximum Gasteiger partial charge on any atom is 0.246 e. The fourth-order valence-electron chi connectivity index (χ4n) is 1.43. The van der Waals surface area contributed by atoms with Crippen molar-refractivity contribution in [2.45, 2.75) is 12.8 Å². The zero-order chi connectivity index (χ0) is 17.3. The van der Waals surface area contributed by atoms with Gasteiger partial charge in [0.25, 0.3) is 0 Å². The van der Waals surface area contributed by atoms with Gasteiger partial charge in [0.15, 0.2) is 0 Å². The van der Waals surface area contributed by atoms with Crippen LogP contribution in [-0.2, 0) is 28.7 Å². The van der Waals surface area contributed by atoms with Crippen LogP contribution in [-0.4, -0.2) is 75.9 Å². The molecule has 0 aliphatic rings. The second-order valence-corrected chi connectivity index (χ2v) is 4.54. The summed E-state index contributed by atoms with van der Waals surface area (Å²) < 4.78 is 10.3. The van der Waals surface area contributed by atoms with Crippen LogP contribution in [0.2, 0.25) is 0 Å². The number of hydrogen-bond acceptors (Lipinski definition) is 6. The molecule has 8 nitrogen and oxygen atoms in total. The normalized spacial score (nSPS) is 10.5. The van der Waals surface area contributed by atoms with Crippen LogP contribution in [0.25, 0.3) is 0 Å². The molecule has 0 radical (unpaired) electrons. The summed E-state index contributed by atoms with van der Waals surface area (Å²) in [6.07, 6.45) is 4.12. The van der Waals surface area contributed by atoms with Gasteiger partial charge >= 0.3 is 0 Å². The first-order chi connectivity index (χ1) is 11.1. The van der Waals surface area contributed by atoms with E-state index in [2.05, 4.69) is 5.32 Å². The first-order valence-electron chi connectivity index (χ1n) is 7.34. The van der Waals surface area contributed by atoms with Crippen molar-refractivity contribution in [3.05, 3.63) is 12.2 Å². The minimum atomic E-state index is -0.331. The van der Waals surface area contributed by atoms with Gasteiger partial charge in [0.1, 0.15) is 12.6 Å². The zero-order valence-electron chi connectivity index (χ0n) is 13.4. The van der Waals surface area contributed by atoms with Gasteiger partial charge in [0.05, 0.1) is 26.4 Å². The first-order valence-corrected chi connectivity index (χ1v) is 7.34. The lowest BCUT2D eigenvalue weighted by molar-refractivity contribution is -0.126. The number of likely N-dealkylation sites (N-methyl/N-ethyl adjacent to an activating group) is 1. The molecule has 0 saturated heterocycles. The molecule has 0 heterocycles. The smallest absolute Gasteiger partial charge is 0.246 e. The van der Waals surface area contributed by atoms with Crippen LogP contribution >= 0.6 is 0 Å². The van der Waals surface area contributed by atoms with Crippen molar-refractivity contribution in [2.24, 2.45) is 0 Å². The van der Waals surface area contributed by atoms with Crippen molar-refractivity contribution in [2.75, 3.05) is 46.6 Å². The Morgan fingerprint density at radius 1 is 1.09 bits per heavy atom. The lowest BCUT2D eigenvalue weighted by atomic mass is 10.3. The molecule has 8 heteroatoms. The molecule has 0 aromatic rings. The van der Waals surface area contributed by atoms with Crippen molar-refractivity contribution < 1.29 is 28.7 Å². The molecule has 0 atom stereocenters. The van der Waals surface area contributed by atoms with E-state index in [0.29, 0.717) is 45.7 Å². The molecular weight excluding hydrogens is 304 g/mol. The quantitative estimate of drug-likeness (QED) is 0.258. The highest BCUT2D eigenvalue weighted by atomic mass is 16.5. The van der Waals surface area contributed by atoms with Crippen molar-refractivity contribution in [3.63, 3.8) is 0 Å². The van der Waals surface area contributed by atoms with Crippen molar-refractivity contribution in [3.8, 4) is 0 Å². The number of hydrogen-bond donors (Lipinski definition) is 1. The van der Waals surface area contributed by atoms with Gasteiger partial charge in [-0.2, -0.15) is 0 Å². The SMILES string of the molecule is CN(CCC(=O)NCCOCCOCCC=O)C(=O)/C=C\C=O. The van der Waals surface area contributed by atoms with Gasteiger partial charge in [-0.05, 0) is 6.08 Å². The van der Waals surface area contributed by atoms with Crippen LogP contribution in [0.5, 0.6) is 0 Å². The van der Waals surface area contributed by atoms with E-state index in [9.17, 15) is 19.2 Å². The fraction of sp³-hybridized carbons (Fsp3) is 0.600. The Hall–Kier alpha value is -2.06. The van der Waals surface area contributed by atoms with E-state index in [4.69, 9.17) is 9.47 Å². The second kappa shape index (κ2) is 14.9. The maximum atomic E-state index is 11.6. The number of carbonyl (C=O) groups is 4. The van der Waals surface area contributed by atoms with Crippen LogP contribution in [0.3, 0.4) is 0 Å². The third-order valence-electron chi connectivity index (χ3n) is 2.69. The molecule has 0 spiro atoms. The molecule has 0 bridgehead atoms. The van der Waals surface area contributed by atoms with E-state index in [-0.39, 0.29) is 24.8 Å². The second-order valence-electron chi connectivity index (χ2n) is 4.54. The predicted octanol–water partition coefficient (Wildman–Crippen LogP) is -0.672. The lowest BCUT2D eigenvalue weighted by Gasteiger charge is -2.14. The van der Waals surface area contributed by atoms with Gasteiger partial charge in [-0.15, -0.1) is 0 Å². The molecule has 0 aliphatic carbocycles. The third kappa shape index (κ3) is 13.3. The van der Waals surface area contributed by atoms with Crippen molar-refractivity contribution in [1.82, 2.24) is 10.2 Å². The number of nitrogens with zero attached hydrogens (tertiary/aromatic N) is 1. The highest BCUT2D eigenvalue weighted by Crippen LogP contribution is 1.91. The summed E-state index contributed by atoms with van der Waals surface area (Å²) in [6, 6.07) is 0. The highest BCUT2D eigenvalue weighted by Gasteiger charge is 2.07. The number of aldehydes is 2. The number of rotatable bonds is 14. The van der Waals surface area contributed by atoms with E-state index in [1.54, 1.807) is 7.05 Å². The zero-order valence-corrected chi connectivity index (χ0v) is 13.4. The summed E-state index contributed by atoms with van der Waals surface area (Å²) >= 11 is 0. The summed E-state index contributed by atoms with van der Waals surface area (Å²) in [5.74, 6) is -0.516. The molecule has 0 aromatic carbocycles. The summed E-state index contributed by atoms with van der Waals surface area (Å²) in [5.41, 5.74) is 0. The molecule has 130 valence electrons. The topological polar surface area (TPSA) is 102 Å². The summed E-state index contributed by atoms with van der Waals surface area (Å²) in [5, 5.41) is 2.67. The minimum absolute atomic E-state index is 0.173. The van der Waals surface area contributed by atoms with Crippen LogP contribution in [0.15, 0.2) is 12.2 Å². The van der Waals surface area contributed by atoms with Gasteiger partial charge < -0.3 is 24.5 Å². The Bertz CT molecular complexity index is 397. The molecule has 0 rings (SSSR count). The molecule has 1 N–H and O–H groups in total. The largest absolute Gasteiger partial charge is 0.379 e. The van der Waals surface area contributed by atoms with Gasteiger partial charge in [-0.1, -0.05) is 0 Å². The number of nitrogens with one attached hydrogen (secondary N) is 1. The summed E-state index contributed by atoms with van der Waals surface area (Å²) in [7, 11) is 1.55. The molecule has 23 heavy (non-hydrogen) atoms. The maximum absolute atomic E-state index is 11.6. The number of amides is 2. The molecule has 0 aliphatic heterocycles. The van der Waals surface area contributed by atoms with Crippen LogP contribution in [0.4, 0.5) is 0 Å². The lowest BCUT2D eigenvalue weighted by Crippen LogP contribution is -2.33. The predicted molar refractivity (Wildman–Crippen MR) is 82.8 cm³/mol. The van der Waals surface area contributed by atoms with Crippen molar-refractivity contribution >= 4 is 24.4 Å². The summed E-state index contributed by atoms with van der Waals surface area (Å²) in [6.45, 7) is 2.19. The van der Waals surface area contributed by atoms with E-state index in [0.717, 1.165) is 18.4 Å². The average molecular weight is 328 g/mol. The number of allylic oxidation sites excluding steroid dienone is 1. The van der Waals surface area contributed by atoms with Gasteiger partial charge in [-0.3, -0.25) is 14.4 Å². The minimum Gasteiger partial charge on any atom is -0.379 e. The monoisotopic (exact) mass is 328 g/mol. The Labute approximate surface area is 135 Å². The third-order valence-corrected chi connectivity index (χ3v) is 2.69. The van der Waals surface area contributed by atoms with Crippen LogP contribution < -0.4 is 5.32 Å². The standard InChI is InChI=1S/C15H24N2O6/c1-17(15(21)4-2-8-18)7-5-14(20)16-6-11-23-13-12-22-10-3-9-19/h2,4,8-9H,3,5-7,10-13H2,1H3,(H,16,20)/b4-2-. The van der Waals surface area contributed by atoms with Crippen LogP contribution in [0.1, 0.15) is 12.8 Å². The number of ether oxygens (including phenoxy) is 2. The molecule has 0 aromatic heterocycles. The highest BCUT2D eigenvalue weighted by molar-refractivity contribution is 5.91. The molecular formula is C15H24N2O6. The molecule has 2 amide bonds. The fourth-order valence-corrected chi connectivity index (χ4v) is 1.43. The Balaban J connectivity index is 3.53. The van der Waals surface area contributed by atoms with Gasteiger partial charge in [0.2, 0.25) is 11.8 Å². The van der Waals surface area contributed by atoms with Crippen LogP contribution in [0, 0.1) is 0 Å². The van der Waals surface area contributed by atoms with E-state index >= 15 is 0 Å². The summed E-state index contributed by atoms with van der Waals surface area (Å²) in [4.78, 5) is 44.5. The van der Waals surface area contributed by atoms with E-state index in [1.807, 2.05) is 0 Å². The number of carbonyl (C=O) groups excluding carboxylic acids is 4. The van der Waals surface area contributed by atoms with Crippen molar-refractivity contribution in [1.29, 1.82) is 0 Å². The Morgan fingerprint density at radius 3 is 2.43 bits per heavy atom. The van der Waals surface area contributed by atoms with Gasteiger partial charge in [0, 0.05) is 39.1 Å². The van der Waals surface area contributed by atoms with E-state index in [1.165, 1.54) is 4.90 Å². The Morgan fingerprint density at radius 2 is 1.78 bits per heavy atom.